The third-order valence-corrected chi connectivity index (χ3v) is 3.19. The van der Waals surface area contributed by atoms with Crippen LogP contribution >= 0.6 is 0 Å². The molecule has 0 aliphatic heterocycles. The van der Waals surface area contributed by atoms with Crippen molar-refractivity contribution < 1.29 is 5.11 Å². The number of aromatic nitrogens is 2. The van der Waals surface area contributed by atoms with Gasteiger partial charge in [-0.2, -0.15) is 5.26 Å². The van der Waals surface area contributed by atoms with Crippen molar-refractivity contribution in [2.75, 3.05) is 0 Å². The molecule has 0 radical (unpaired) electrons. The molecule has 22 heavy (non-hydrogen) atoms. The lowest BCUT2D eigenvalue weighted by Gasteiger charge is -2.02. The molecule has 0 aliphatic rings. The Bertz CT molecular complexity index is 967. The fourth-order valence-electron chi connectivity index (χ4n) is 2.09. The number of rotatable bonds is 2. The summed E-state index contributed by atoms with van der Waals surface area (Å²) in [6.07, 6.45) is 1.33. The predicted molar refractivity (Wildman–Crippen MR) is 84.0 cm³/mol. The SMILES string of the molecule is N#Cc1ccc2nc(C=C(O)c3ccccc3)c(=O)[nH]c2c1. The van der Waals surface area contributed by atoms with E-state index in [9.17, 15) is 9.90 Å². The Balaban J connectivity index is 2.10. The summed E-state index contributed by atoms with van der Waals surface area (Å²) < 4.78 is 0. The molecule has 2 N–H and O–H groups in total. The third-order valence-electron chi connectivity index (χ3n) is 3.19. The number of hydrogen-bond donors (Lipinski definition) is 2. The van der Waals surface area contributed by atoms with Crippen LogP contribution in [0.5, 0.6) is 0 Å². The Hall–Kier alpha value is -3.39. The number of nitrogens with zero attached hydrogens (tertiary/aromatic N) is 2. The van der Waals surface area contributed by atoms with Gasteiger partial charge >= 0.3 is 0 Å². The molecule has 0 spiro atoms. The number of aromatic amines is 1. The van der Waals surface area contributed by atoms with Gasteiger partial charge in [0, 0.05) is 11.6 Å². The van der Waals surface area contributed by atoms with Crippen LogP contribution in [0, 0.1) is 11.3 Å². The van der Waals surface area contributed by atoms with E-state index in [4.69, 9.17) is 5.26 Å². The third kappa shape index (κ3) is 2.58. The number of aliphatic hydroxyl groups is 1. The van der Waals surface area contributed by atoms with E-state index >= 15 is 0 Å². The molecule has 0 saturated carbocycles. The van der Waals surface area contributed by atoms with E-state index in [0.717, 1.165) is 0 Å². The lowest BCUT2D eigenvalue weighted by Crippen LogP contribution is -2.12. The van der Waals surface area contributed by atoms with Crippen LogP contribution in [0.3, 0.4) is 0 Å². The second-order valence-corrected chi connectivity index (χ2v) is 4.69. The molecule has 1 heterocycles. The van der Waals surface area contributed by atoms with Crippen LogP contribution in [-0.2, 0) is 0 Å². The Morgan fingerprint density at radius 2 is 2.00 bits per heavy atom. The highest BCUT2D eigenvalue weighted by atomic mass is 16.3. The molecule has 0 amide bonds. The summed E-state index contributed by atoms with van der Waals surface area (Å²) in [6, 6.07) is 15.7. The van der Waals surface area contributed by atoms with Gasteiger partial charge < -0.3 is 10.1 Å². The molecule has 0 unspecified atom stereocenters. The molecule has 0 fully saturated rings. The number of aliphatic hydroxyl groups excluding tert-OH is 1. The topological polar surface area (TPSA) is 89.8 Å². The summed E-state index contributed by atoms with van der Waals surface area (Å²) in [6.45, 7) is 0. The minimum atomic E-state index is -0.426. The molecule has 0 aliphatic carbocycles. The van der Waals surface area contributed by atoms with Gasteiger partial charge in [-0.3, -0.25) is 4.79 Å². The van der Waals surface area contributed by atoms with Gasteiger partial charge in [-0.05, 0) is 18.2 Å². The average Bonchev–Trinajstić information content (AvgIpc) is 2.56. The Morgan fingerprint density at radius 3 is 2.73 bits per heavy atom. The maximum atomic E-state index is 12.0. The van der Waals surface area contributed by atoms with Gasteiger partial charge in [-0.15, -0.1) is 0 Å². The van der Waals surface area contributed by atoms with Crippen molar-refractivity contribution in [1.29, 1.82) is 5.26 Å². The number of nitrogens with one attached hydrogen (secondary N) is 1. The normalized spacial score (nSPS) is 11.3. The van der Waals surface area contributed by atoms with Crippen LogP contribution in [-0.4, -0.2) is 15.1 Å². The molecule has 0 saturated heterocycles. The van der Waals surface area contributed by atoms with Gasteiger partial charge in [-0.25, -0.2) is 4.98 Å². The number of H-pyrrole nitrogens is 1. The summed E-state index contributed by atoms with van der Waals surface area (Å²) >= 11 is 0. The van der Waals surface area contributed by atoms with Crippen LogP contribution < -0.4 is 5.56 Å². The summed E-state index contributed by atoms with van der Waals surface area (Å²) in [5, 5.41) is 18.9. The van der Waals surface area contributed by atoms with E-state index < -0.39 is 5.56 Å². The Morgan fingerprint density at radius 1 is 1.23 bits per heavy atom. The van der Waals surface area contributed by atoms with E-state index in [0.29, 0.717) is 22.2 Å². The molecular weight excluding hydrogens is 278 g/mol. The van der Waals surface area contributed by atoms with Crippen molar-refractivity contribution in [3.63, 3.8) is 0 Å². The van der Waals surface area contributed by atoms with Crippen LogP contribution in [0.15, 0.2) is 53.3 Å². The quantitative estimate of drug-likeness (QED) is 0.710. The van der Waals surface area contributed by atoms with Crippen molar-refractivity contribution in [3.8, 4) is 6.07 Å². The molecule has 3 aromatic rings. The molecule has 2 aromatic carbocycles. The standard InChI is InChI=1S/C17H11N3O2/c18-10-11-6-7-13-14(8-11)20-17(22)15(19-13)9-16(21)12-4-2-1-3-5-12/h1-9,21H,(H,20,22). The zero-order valence-corrected chi connectivity index (χ0v) is 11.4. The zero-order valence-electron chi connectivity index (χ0n) is 11.4. The van der Waals surface area contributed by atoms with Crippen molar-refractivity contribution in [3.05, 3.63) is 75.7 Å². The van der Waals surface area contributed by atoms with E-state index in [1.54, 1.807) is 42.5 Å². The molecule has 0 atom stereocenters. The number of nitriles is 1. The largest absolute Gasteiger partial charge is 0.507 e. The summed E-state index contributed by atoms with van der Waals surface area (Å²) in [5.41, 5.74) is 1.76. The minimum absolute atomic E-state index is 0.0356. The lowest BCUT2D eigenvalue weighted by atomic mass is 10.1. The smallest absolute Gasteiger partial charge is 0.274 e. The van der Waals surface area contributed by atoms with Gasteiger partial charge in [-0.1, -0.05) is 30.3 Å². The first kappa shape index (κ1) is 13.6. The van der Waals surface area contributed by atoms with Crippen LogP contribution in [0.1, 0.15) is 16.8 Å². The molecule has 3 rings (SSSR count). The minimum Gasteiger partial charge on any atom is -0.507 e. The van der Waals surface area contributed by atoms with Crippen molar-refractivity contribution in [2.24, 2.45) is 0 Å². The van der Waals surface area contributed by atoms with Crippen LogP contribution in [0.25, 0.3) is 22.9 Å². The van der Waals surface area contributed by atoms with Crippen LogP contribution in [0.2, 0.25) is 0 Å². The molecule has 106 valence electrons. The summed E-state index contributed by atoms with van der Waals surface area (Å²) in [7, 11) is 0. The molecule has 5 heteroatoms. The van der Waals surface area contributed by atoms with Crippen molar-refractivity contribution in [2.45, 2.75) is 0 Å². The second-order valence-electron chi connectivity index (χ2n) is 4.69. The first-order valence-electron chi connectivity index (χ1n) is 6.57. The monoisotopic (exact) mass is 289 g/mol. The van der Waals surface area contributed by atoms with Gasteiger partial charge in [0.1, 0.15) is 11.5 Å². The van der Waals surface area contributed by atoms with Gasteiger partial charge in [0.05, 0.1) is 22.7 Å². The summed E-state index contributed by atoms with van der Waals surface area (Å²) in [4.78, 5) is 18.9. The first-order chi connectivity index (χ1) is 10.7. The average molecular weight is 289 g/mol. The highest BCUT2D eigenvalue weighted by Gasteiger charge is 2.06. The van der Waals surface area contributed by atoms with Crippen molar-refractivity contribution in [1.82, 2.24) is 9.97 Å². The molecule has 0 bridgehead atoms. The van der Waals surface area contributed by atoms with E-state index in [-0.39, 0.29) is 11.5 Å². The maximum absolute atomic E-state index is 12.0. The highest BCUT2D eigenvalue weighted by molar-refractivity contribution is 5.80. The highest BCUT2D eigenvalue weighted by Crippen LogP contribution is 2.14. The fraction of sp³-hybridized carbons (Fsp3) is 0. The van der Waals surface area contributed by atoms with E-state index in [1.807, 2.05) is 12.1 Å². The second kappa shape index (κ2) is 5.54. The van der Waals surface area contributed by atoms with Gasteiger partial charge in [0.15, 0.2) is 0 Å². The Labute approximate surface area is 125 Å². The molecule has 5 nitrogen and oxygen atoms in total. The number of fused-ring (bicyclic) bond motifs is 1. The van der Waals surface area contributed by atoms with Crippen molar-refractivity contribution >= 4 is 22.9 Å². The lowest BCUT2D eigenvalue weighted by molar-refractivity contribution is 0.515. The molecule has 1 aromatic heterocycles. The Kier molecular flexibility index (Phi) is 3.42. The van der Waals surface area contributed by atoms with Crippen LogP contribution in [0.4, 0.5) is 0 Å². The first-order valence-corrected chi connectivity index (χ1v) is 6.57. The van der Waals surface area contributed by atoms with Gasteiger partial charge in [0.25, 0.3) is 5.56 Å². The number of hydrogen-bond acceptors (Lipinski definition) is 4. The summed E-state index contributed by atoms with van der Waals surface area (Å²) in [5.74, 6) is -0.0356. The predicted octanol–water partition coefficient (Wildman–Crippen LogP) is 2.85. The van der Waals surface area contributed by atoms with E-state index in [2.05, 4.69) is 9.97 Å². The van der Waals surface area contributed by atoms with Gasteiger partial charge in [0.2, 0.25) is 0 Å². The zero-order chi connectivity index (χ0) is 15.5. The number of benzene rings is 2. The van der Waals surface area contributed by atoms with E-state index in [1.165, 1.54) is 6.08 Å². The fourth-order valence-corrected chi connectivity index (χ4v) is 2.09. The maximum Gasteiger partial charge on any atom is 0.274 e. The molecular formula is C17H11N3O2.